The van der Waals surface area contributed by atoms with Crippen molar-refractivity contribution >= 4 is 11.9 Å². The van der Waals surface area contributed by atoms with Crippen molar-refractivity contribution in [3.8, 4) is 5.75 Å². The van der Waals surface area contributed by atoms with Gasteiger partial charge in [-0.15, -0.1) is 0 Å². The van der Waals surface area contributed by atoms with E-state index in [4.69, 9.17) is 13.9 Å². The van der Waals surface area contributed by atoms with Gasteiger partial charge in [0.25, 0.3) is 5.91 Å². The summed E-state index contributed by atoms with van der Waals surface area (Å²) in [7, 11) is 1.52. The molecule has 4 aliphatic rings. The first-order valence-electron chi connectivity index (χ1n) is 11.2. The number of hydrogen-bond donors (Lipinski definition) is 1. The molecule has 170 valence electrons. The number of carbonyl (C=O) groups excluding carboxylic acids is 2. The molecule has 0 spiro atoms. The molecular weight excluding hydrogens is 413 g/mol. The third-order valence-electron chi connectivity index (χ3n) is 7.62. The monoisotopic (exact) mass is 441 g/mol. The van der Waals surface area contributed by atoms with E-state index in [2.05, 4.69) is 5.32 Å². The highest BCUT2D eigenvalue weighted by molar-refractivity contribution is 5.83. The molecule has 2 atom stereocenters. The van der Waals surface area contributed by atoms with E-state index in [9.17, 15) is 9.59 Å². The van der Waals surface area contributed by atoms with Gasteiger partial charge >= 0.3 is 5.97 Å². The van der Waals surface area contributed by atoms with Crippen LogP contribution >= 0.6 is 0 Å². The highest BCUT2D eigenvalue weighted by atomic mass is 19.1. The van der Waals surface area contributed by atoms with Gasteiger partial charge in [-0.1, -0.05) is 6.07 Å². The number of hydrogen-bond acceptors (Lipinski definition) is 5. The summed E-state index contributed by atoms with van der Waals surface area (Å²) in [4.78, 5) is 25.4. The third-order valence-corrected chi connectivity index (χ3v) is 7.62. The molecule has 4 fully saturated rings. The number of carbonyl (C=O) groups is 2. The lowest BCUT2D eigenvalue weighted by molar-refractivity contribution is -0.175. The molecule has 1 amide bonds. The maximum absolute atomic E-state index is 15.1. The third kappa shape index (κ3) is 3.67. The van der Waals surface area contributed by atoms with Crippen molar-refractivity contribution in [1.29, 1.82) is 0 Å². The predicted octanol–water partition coefficient (Wildman–Crippen LogP) is 4.12. The lowest BCUT2D eigenvalue weighted by Crippen LogP contribution is -2.57. The maximum atomic E-state index is 15.1. The van der Waals surface area contributed by atoms with Crippen LogP contribution in [0.1, 0.15) is 49.8 Å². The summed E-state index contributed by atoms with van der Waals surface area (Å²) in [5, 5.41) is 2.69. The Bertz CT molecular complexity index is 1000. The van der Waals surface area contributed by atoms with Crippen molar-refractivity contribution in [2.75, 3.05) is 13.7 Å². The molecule has 6 rings (SSSR count). The fraction of sp³-hybridized carbons (Fsp3) is 0.520. The van der Waals surface area contributed by atoms with E-state index in [-0.39, 0.29) is 36.3 Å². The topological polar surface area (TPSA) is 77.8 Å². The Morgan fingerprint density at radius 2 is 1.97 bits per heavy atom. The number of methoxy groups -OCH3 is 1. The zero-order chi connectivity index (χ0) is 22.3. The minimum atomic E-state index is -0.641. The van der Waals surface area contributed by atoms with Crippen molar-refractivity contribution < 1.29 is 27.9 Å². The van der Waals surface area contributed by atoms with Gasteiger partial charge in [0, 0.05) is 6.07 Å². The van der Waals surface area contributed by atoms with E-state index in [0.29, 0.717) is 35.3 Å². The zero-order valence-corrected chi connectivity index (χ0v) is 18.2. The molecule has 1 N–H and O–H groups in total. The van der Waals surface area contributed by atoms with Crippen LogP contribution in [-0.2, 0) is 26.3 Å². The molecule has 4 bridgehead atoms. The Labute approximate surface area is 186 Å². The van der Waals surface area contributed by atoms with Gasteiger partial charge in [0.05, 0.1) is 25.3 Å². The lowest BCUT2D eigenvalue weighted by atomic mass is 9.43. The van der Waals surface area contributed by atoms with Gasteiger partial charge in [-0.25, -0.2) is 4.39 Å². The molecular formula is C25H28FNO5. The number of rotatable bonds is 7. The normalized spacial score (nSPS) is 30.2. The second-order valence-corrected chi connectivity index (χ2v) is 9.80. The summed E-state index contributed by atoms with van der Waals surface area (Å²) >= 11 is 0. The molecule has 2 unspecified atom stereocenters. The summed E-state index contributed by atoms with van der Waals surface area (Å²) in [5.41, 5.74) is -0.320. The van der Waals surface area contributed by atoms with Gasteiger partial charge in [-0.2, -0.15) is 0 Å². The minimum absolute atomic E-state index is 0.249. The van der Waals surface area contributed by atoms with Crippen LogP contribution in [0.4, 0.5) is 4.39 Å². The molecule has 6 nitrogen and oxygen atoms in total. The standard InChI is InChI=1S/C25H28FNO5/c1-30-18-4-5-20(21(26)8-18)24-9-16-7-17(10-24)12-25(11-16,15-24)23(29)32-14-22(28)27-13-19-3-2-6-31-19/h2-6,8,16-17H,7,9-15H2,1H3,(H,27,28). The summed E-state index contributed by atoms with van der Waals surface area (Å²) < 4.78 is 30.9. The van der Waals surface area contributed by atoms with Crippen LogP contribution in [0.3, 0.4) is 0 Å². The van der Waals surface area contributed by atoms with E-state index >= 15 is 4.39 Å². The Hall–Kier alpha value is -2.83. The quantitative estimate of drug-likeness (QED) is 0.654. The van der Waals surface area contributed by atoms with E-state index in [0.717, 1.165) is 32.1 Å². The molecule has 0 aliphatic heterocycles. The van der Waals surface area contributed by atoms with E-state index in [1.165, 1.54) is 19.4 Å². The van der Waals surface area contributed by atoms with Crippen LogP contribution < -0.4 is 10.1 Å². The minimum Gasteiger partial charge on any atom is -0.497 e. The van der Waals surface area contributed by atoms with Crippen LogP contribution in [0.2, 0.25) is 0 Å². The SMILES string of the molecule is COc1ccc(C23CC4CC(CC(C(=O)OCC(=O)NCc5ccco5)(C4)C2)C3)c(F)c1. The highest BCUT2D eigenvalue weighted by Gasteiger charge is 2.62. The first-order chi connectivity index (χ1) is 15.4. The summed E-state index contributed by atoms with van der Waals surface area (Å²) in [5.74, 6) is 0.914. The van der Waals surface area contributed by atoms with Crippen molar-refractivity contribution in [3.63, 3.8) is 0 Å². The molecule has 32 heavy (non-hydrogen) atoms. The number of amides is 1. The first-order valence-corrected chi connectivity index (χ1v) is 11.2. The van der Waals surface area contributed by atoms with Gasteiger partial charge in [0.15, 0.2) is 6.61 Å². The molecule has 0 radical (unpaired) electrons. The van der Waals surface area contributed by atoms with Crippen LogP contribution in [0.25, 0.3) is 0 Å². The Morgan fingerprint density at radius 1 is 1.19 bits per heavy atom. The van der Waals surface area contributed by atoms with Crippen molar-refractivity contribution in [1.82, 2.24) is 5.32 Å². The zero-order valence-electron chi connectivity index (χ0n) is 18.2. The van der Waals surface area contributed by atoms with E-state index < -0.39 is 5.41 Å². The lowest BCUT2D eigenvalue weighted by Gasteiger charge is -2.61. The number of halogens is 1. The van der Waals surface area contributed by atoms with Crippen molar-refractivity contribution in [2.45, 2.75) is 50.5 Å². The number of benzene rings is 1. The smallest absolute Gasteiger partial charge is 0.312 e. The number of ether oxygens (including phenoxy) is 2. The van der Waals surface area contributed by atoms with Gasteiger partial charge in [0.2, 0.25) is 0 Å². The van der Waals surface area contributed by atoms with Gasteiger partial charge < -0.3 is 19.2 Å². The second kappa shape index (κ2) is 7.94. The van der Waals surface area contributed by atoms with E-state index in [1.807, 2.05) is 6.07 Å². The second-order valence-electron chi connectivity index (χ2n) is 9.80. The largest absolute Gasteiger partial charge is 0.497 e. The van der Waals surface area contributed by atoms with Gasteiger partial charge in [-0.05, 0) is 79.5 Å². The molecule has 1 aromatic carbocycles. The average Bonchev–Trinajstić information content (AvgIpc) is 3.28. The molecule has 1 heterocycles. The molecule has 4 aliphatic carbocycles. The van der Waals surface area contributed by atoms with Gasteiger partial charge in [-0.3, -0.25) is 9.59 Å². The molecule has 0 saturated heterocycles. The molecule has 2 aromatic rings. The van der Waals surface area contributed by atoms with Gasteiger partial charge in [0.1, 0.15) is 17.3 Å². The predicted molar refractivity (Wildman–Crippen MR) is 113 cm³/mol. The molecule has 4 saturated carbocycles. The van der Waals surface area contributed by atoms with Crippen molar-refractivity contribution in [2.24, 2.45) is 17.3 Å². The van der Waals surface area contributed by atoms with Crippen LogP contribution in [0.15, 0.2) is 41.0 Å². The molecule has 7 heteroatoms. The Morgan fingerprint density at radius 3 is 2.62 bits per heavy atom. The van der Waals surface area contributed by atoms with Crippen LogP contribution in [0.5, 0.6) is 5.75 Å². The van der Waals surface area contributed by atoms with Crippen molar-refractivity contribution in [3.05, 3.63) is 53.7 Å². The first kappa shape index (κ1) is 21.0. The van der Waals surface area contributed by atoms with E-state index in [1.54, 1.807) is 18.2 Å². The van der Waals surface area contributed by atoms with Crippen LogP contribution in [-0.4, -0.2) is 25.6 Å². The Kier molecular flexibility index (Phi) is 5.22. The Balaban J connectivity index is 1.30. The highest BCUT2D eigenvalue weighted by Crippen LogP contribution is 2.66. The maximum Gasteiger partial charge on any atom is 0.312 e. The summed E-state index contributed by atoms with van der Waals surface area (Å²) in [6.07, 6.45) is 6.50. The number of nitrogens with one attached hydrogen (secondary N) is 1. The summed E-state index contributed by atoms with van der Waals surface area (Å²) in [6.45, 7) is -0.0704. The van der Waals surface area contributed by atoms with Crippen LogP contribution in [0, 0.1) is 23.1 Å². The molecule has 1 aromatic heterocycles. The average molecular weight is 441 g/mol. The fourth-order valence-corrected chi connectivity index (χ4v) is 6.80. The number of esters is 1. The summed E-state index contributed by atoms with van der Waals surface area (Å²) in [6, 6.07) is 8.56. The number of furan rings is 1. The fourth-order valence-electron chi connectivity index (χ4n) is 6.80.